The number of nitrogens with one attached hydrogen (secondary N) is 2. The van der Waals surface area contributed by atoms with Gasteiger partial charge in [0.05, 0.1) is 0 Å². The number of benzene rings is 3. The zero-order valence-corrected chi connectivity index (χ0v) is 19.0. The zero-order chi connectivity index (χ0) is 22.5. The summed E-state index contributed by atoms with van der Waals surface area (Å²) >= 11 is 6.29. The number of para-hydroxylation sites is 1. The van der Waals surface area contributed by atoms with Crippen molar-refractivity contribution >= 4 is 28.4 Å². The molecule has 0 aliphatic heterocycles. The molecule has 2 N–H and O–H groups in total. The molecule has 1 amide bonds. The molecule has 0 aliphatic rings. The van der Waals surface area contributed by atoms with Gasteiger partial charge in [-0.25, -0.2) is 0 Å². The van der Waals surface area contributed by atoms with E-state index in [0.717, 1.165) is 33.5 Å². The number of fused-ring (bicyclic) bond motifs is 1. The van der Waals surface area contributed by atoms with Gasteiger partial charge in [0, 0.05) is 41.0 Å². The van der Waals surface area contributed by atoms with E-state index >= 15 is 0 Å². The Balaban J connectivity index is 1.69. The predicted octanol–water partition coefficient (Wildman–Crippen LogP) is 6.91. The molecule has 4 rings (SSSR count). The van der Waals surface area contributed by atoms with Crippen LogP contribution in [0.1, 0.15) is 37.3 Å². The second kappa shape index (κ2) is 9.92. The fourth-order valence-corrected chi connectivity index (χ4v) is 3.98. The standard InChI is InChI=1S/C27H27ClN2O2/c1-18(2)16-30-27(31)15-23(25-17-29-26-12-11-20(28)14-24(25)26)19-7-6-10-22(13-19)32-21-8-4-3-5-9-21/h3-14,17-18,23,29H,15-16H2,1-2H3,(H,30,31)/t23-/m0/s1. The normalized spacial score (nSPS) is 12.1. The third kappa shape index (κ3) is 5.32. The van der Waals surface area contributed by atoms with E-state index in [4.69, 9.17) is 16.3 Å². The molecule has 4 aromatic rings. The highest BCUT2D eigenvalue weighted by molar-refractivity contribution is 6.31. The summed E-state index contributed by atoms with van der Waals surface area (Å²) in [5, 5.41) is 4.74. The SMILES string of the molecule is CC(C)CNC(=O)C[C@@H](c1cccc(Oc2ccccc2)c1)c1c[nH]c2ccc(Cl)cc12. The topological polar surface area (TPSA) is 54.1 Å². The van der Waals surface area contributed by atoms with Crippen molar-refractivity contribution in [2.75, 3.05) is 6.54 Å². The Hall–Kier alpha value is -3.24. The second-order valence-electron chi connectivity index (χ2n) is 8.38. The Morgan fingerprint density at radius 1 is 1.00 bits per heavy atom. The Kier molecular flexibility index (Phi) is 6.81. The molecule has 0 radical (unpaired) electrons. The summed E-state index contributed by atoms with van der Waals surface area (Å²) in [6, 6.07) is 23.4. The van der Waals surface area contributed by atoms with E-state index in [9.17, 15) is 4.79 Å². The lowest BCUT2D eigenvalue weighted by Crippen LogP contribution is -2.28. The number of amides is 1. The molecule has 0 aliphatic carbocycles. The summed E-state index contributed by atoms with van der Waals surface area (Å²) < 4.78 is 6.05. The molecule has 0 bridgehead atoms. The molecule has 1 heterocycles. The number of rotatable bonds is 8. The fraction of sp³-hybridized carbons (Fsp3) is 0.222. The molecule has 0 saturated heterocycles. The molecule has 0 spiro atoms. The summed E-state index contributed by atoms with van der Waals surface area (Å²) in [7, 11) is 0. The molecule has 0 saturated carbocycles. The van der Waals surface area contributed by atoms with Crippen molar-refractivity contribution in [1.29, 1.82) is 0 Å². The molecule has 0 fully saturated rings. The summed E-state index contributed by atoms with van der Waals surface area (Å²) in [5.41, 5.74) is 3.05. The molecule has 3 aromatic carbocycles. The van der Waals surface area contributed by atoms with E-state index in [-0.39, 0.29) is 11.8 Å². The van der Waals surface area contributed by atoms with Gasteiger partial charge in [-0.15, -0.1) is 0 Å². The summed E-state index contributed by atoms with van der Waals surface area (Å²) in [4.78, 5) is 16.1. The van der Waals surface area contributed by atoms with Crippen LogP contribution in [0.3, 0.4) is 0 Å². The Labute approximate surface area is 193 Å². The molecule has 4 nitrogen and oxygen atoms in total. The van der Waals surface area contributed by atoms with Gasteiger partial charge in [0.1, 0.15) is 11.5 Å². The number of hydrogen-bond donors (Lipinski definition) is 2. The fourth-order valence-electron chi connectivity index (χ4n) is 3.81. The summed E-state index contributed by atoms with van der Waals surface area (Å²) in [6.07, 6.45) is 2.31. The van der Waals surface area contributed by atoms with Gasteiger partial charge in [-0.3, -0.25) is 4.79 Å². The first kappa shape index (κ1) is 22.0. The number of aromatic amines is 1. The highest BCUT2D eigenvalue weighted by Gasteiger charge is 2.22. The van der Waals surface area contributed by atoms with Crippen molar-refractivity contribution < 1.29 is 9.53 Å². The number of aromatic nitrogens is 1. The van der Waals surface area contributed by atoms with Gasteiger partial charge in [-0.2, -0.15) is 0 Å². The van der Waals surface area contributed by atoms with Gasteiger partial charge in [0.25, 0.3) is 0 Å². The van der Waals surface area contributed by atoms with Crippen molar-refractivity contribution in [2.24, 2.45) is 5.92 Å². The third-order valence-corrected chi connectivity index (χ3v) is 5.62. The third-order valence-electron chi connectivity index (χ3n) is 5.39. The number of carbonyl (C=O) groups excluding carboxylic acids is 1. The van der Waals surface area contributed by atoms with E-state index < -0.39 is 0 Å². The lowest BCUT2D eigenvalue weighted by atomic mass is 9.87. The van der Waals surface area contributed by atoms with Crippen LogP contribution >= 0.6 is 11.6 Å². The van der Waals surface area contributed by atoms with Crippen molar-refractivity contribution in [3.8, 4) is 11.5 Å². The Morgan fingerprint density at radius 3 is 2.56 bits per heavy atom. The largest absolute Gasteiger partial charge is 0.457 e. The molecular formula is C27H27ClN2O2. The number of hydrogen-bond acceptors (Lipinski definition) is 2. The first-order valence-electron chi connectivity index (χ1n) is 10.9. The van der Waals surface area contributed by atoms with Gasteiger partial charge in [-0.05, 0) is 59.5 Å². The van der Waals surface area contributed by atoms with E-state index in [1.54, 1.807) is 0 Å². The van der Waals surface area contributed by atoms with E-state index in [1.165, 1.54) is 0 Å². The maximum Gasteiger partial charge on any atom is 0.220 e. The maximum atomic E-state index is 12.8. The first-order chi connectivity index (χ1) is 15.5. The highest BCUT2D eigenvalue weighted by Crippen LogP contribution is 2.36. The van der Waals surface area contributed by atoms with Crippen molar-refractivity contribution in [3.63, 3.8) is 0 Å². The average molecular weight is 447 g/mol. The number of halogens is 1. The van der Waals surface area contributed by atoms with Crippen molar-refractivity contribution in [1.82, 2.24) is 10.3 Å². The smallest absolute Gasteiger partial charge is 0.220 e. The van der Waals surface area contributed by atoms with E-state index in [1.807, 2.05) is 79.0 Å². The van der Waals surface area contributed by atoms with Gasteiger partial charge in [0.2, 0.25) is 5.91 Å². The number of H-pyrrole nitrogens is 1. The van der Waals surface area contributed by atoms with Crippen LogP contribution in [0.25, 0.3) is 10.9 Å². The number of ether oxygens (including phenoxy) is 1. The van der Waals surface area contributed by atoms with Crippen LogP contribution in [0.15, 0.2) is 79.0 Å². The van der Waals surface area contributed by atoms with Crippen LogP contribution in [0.4, 0.5) is 0 Å². The lowest BCUT2D eigenvalue weighted by molar-refractivity contribution is -0.121. The van der Waals surface area contributed by atoms with E-state index in [2.05, 4.69) is 24.1 Å². The van der Waals surface area contributed by atoms with Gasteiger partial charge < -0.3 is 15.0 Å². The summed E-state index contributed by atoms with van der Waals surface area (Å²) in [6.45, 7) is 4.83. The van der Waals surface area contributed by atoms with Crippen molar-refractivity contribution in [3.05, 3.63) is 95.1 Å². The van der Waals surface area contributed by atoms with Crippen LogP contribution in [0.2, 0.25) is 5.02 Å². The summed E-state index contributed by atoms with van der Waals surface area (Å²) in [5.74, 6) is 1.78. The number of carbonyl (C=O) groups is 1. The van der Waals surface area contributed by atoms with Crippen LogP contribution in [-0.2, 0) is 4.79 Å². The molecule has 0 unspecified atom stereocenters. The van der Waals surface area contributed by atoms with Crippen LogP contribution in [0, 0.1) is 5.92 Å². The average Bonchev–Trinajstić information content (AvgIpc) is 3.19. The second-order valence-corrected chi connectivity index (χ2v) is 8.81. The monoisotopic (exact) mass is 446 g/mol. The molecule has 32 heavy (non-hydrogen) atoms. The van der Waals surface area contributed by atoms with Gasteiger partial charge in [-0.1, -0.05) is 55.8 Å². The van der Waals surface area contributed by atoms with Crippen LogP contribution < -0.4 is 10.1 Å². The Bertz CT molecular complexity index is 1200. The minimum Gasteiger partial charge on any atom is -0.457 e. The van der Waals surface area contributed by atoms with Crippen molar-refractivity contribution in [2.45, 2.75) is 26.2 Å². The molecule has 1 aromatic heterocycles. The minimum absolute atomic E-state index is 0.0226. The zero-order valence-electron chi connectivity index (χ0n) is 18.3. The maximum absolute atomic E-state index is 12.8. The van der Waals surface area contributed by atoms with Gasteiger partial charge in [0.15, 0.2) is 0 Å². The quantitative estimate of drug-likeness (QED) is 0.309. The van der Waals surface area contributed by atoms with Crippen LogP contribution in [0.5, 0.6) is 11.5 Å². The lowest BCUT2D eigenvalue weighted by Gasteiger charge is -2.19. The molecule has 1 atom stereocenters. The minimum atomic E-state index is -0.145. The van der Waals surface area contributed by atoms with Gasteiger partial charge >= 0.3 is 0 Å². The van der Waals surface area contributed by atoms with E-state index in [0.29, 0.717) is 23.9 Å². The Morgan fingerprint density at radius 2 is 1.78 bits per heavy atom. The molecule has 5 heteroatoms. The molecular weight excluding hydrogens is 420 g/mol. The first-order valence-corrected chi connectivity index (χ1v) is 11.2. The molecule has 164 valence electrons. The highest BCUT2D eigenvalue weighted by atomic mass is 35.5. The predicted molar refractivity (Wildman–Crippen MR) is 131 cm³/mol. The van der Waals surface area contributed by atoms with Crippen LogP contribution in [-0.4, -0.2) is 17.4 Å².